The van der Waals surface area contributed by atoms with Gasteiger partial charge in [-0.25, -0.2) is 4.98 Å². The number of oxime groups is 1. The largest absolute Gasteiger partial charge is 0.395 e. The first-order valence-electron chi connectivity index (χ1n) is 7.74. The standard InChI is InChI=1S/C19H21N3O2/c1-13(17-8-6-10-19(21-17)16(4)23)11-12-24-22-15(3)18-9-5-7-14(2)20-18/h5-10H,1,11-12H2,2-4H3/b22-15-. The molecule has 0 saturated carbocycles. The SMILES string of the molecule is C=C(CCO/N=C(/C)c1cccc(C)n1)c1cccc(C(C)=O)n1. The molecule has 0 atom stereocenters. The molecule has 0 saturated heterocycles. The highest BCUT2D eigenvalue weighted by atomic mass is 16.6. The lowest BCUT2D eigenvalue weighted by Gasteiger charge is -2.06. The molecular weight excluding hydrogens is 302 g/mol. The second-order valence-electron chi connectivity index (χ2n) is 5.49. The van der Waals surface area contributed by atoms with E-state index in [0.717, 1.165) is 22.7 Å². The molecule has 0 aliphatic rings. The average Bonchev–Trinajstić information content (AvgIpc) is 2.58. The van der Waals surface area contributed by atoms with Crippen LogP contribution >= 0.6 is 0 Å². The molecule has 0 fully saturated rings. The van der Waals surface area contributed by atoms with Crippen LogP contribution < -0.4 is 0 Å². The maximum atomic E-state index is 11.4. The van der Waals surface area contributed by atoms with Crippen molar-refractivity contribution >= 4 is 17.1 Å². The summed E-state index contributed by atoms with van der Waals surface area (Å²) in [5.74, 6) is -0.0632. The van der Waals surface area contributed by atoms with Crippen molar-refractivity contribution < 1.29 is 9.63 Å². The van der Waals surface area contributed by atoms with Gasteiger partial charge in [-0.3, -0.25) is 9.78 Å². The molecule has 0 N–H and O–H groups in total. The van der Waals surface area contributed by atoms with Crippen LogP contribution in [0.25, 0.3) is 5.57 Å². The van der Waals surface area contributed by atoms with Crippen LogP contribution in [0, 0.1) is 6.92 Å². The van der Waals surface area contributed by atoms with Crippen LogP contribution in [0.5, 0.6) is 0 Å². The Balaban J connectivity index is 1.90. The molecule has 0 aromatic carbocycles. The van der Waals surface area contributed by atoms with Gasteiger partial charge in [-0.2, -0.15) is 0 Å². The highest BCUT2D eigenvalue weighted by Gasteiger charge is 2.06. The van der Waals surface area contributed by atoms with E-state index in [1.807, 2.05) is 38.1 Å². The number of aryl methyl sites for hydroxylation is 1. The van der Waals surface area contributed by atoms with Gasteiger partial charge in [0.2, 0.25) is 0 Å². The van der Waals surface area contributed by atoms with Gasteiger partial charge < -0.3 is 4.84 Å². The van der Waals surface area contributed by atoms with E-state index in [4.69, 9.17) is 4.84 Å². The Morgan fingerprint density at radius 1 is 1.08 bits per heavy atom. The van der Waals surface area contributed by atoms with E-state index in [-0.39, 0.29) is 5.78 Å². The van der Waals surface area contributed by atoms with Crippen molar-refractivity contribution in [2.24, 2.45) is 5.16 Å². The first-order valence-corrected chi connectivity index (χ1v) is 7.74. The van der Waals surface area contributed by atoms with Crippen molar-refractivity contribution in [3.63, 3.8) is 0 Å². The summed E-state index contributed by atoms with van der Waals surface area (Å²) in [6.45, 7) is 9.66. The zero-order valence-electron chi connectivity index (χ0n) is 14.2. The van der Waals surface area contributed by atoms with Gasteiger partial charge in [0.15, 0.2) is 5.78 Å². The molecule has 2 aromatic rings. The molecule has 0 spiro atoms. The average molecular weight is 323 g/mol. The topological polar surface area (TPSA) is 64.4 Å². The first-order chi connectivity index (χ1) is 11.5. The van der Waals surface area contributed by atoms with E-state index < -0.39 is 0 Å². The first kappa shape index (κ1) is 17.5. The molecule has 0 bridgehead atoms. The van der Waals surface area contributed by atoms with Crippen molar-refractivity contribution in [1.82, 2.24) is 9.97 Å². The highest BCUT2D eigenvalue weighted by Crippen LogP contribution is 2.14. The Hall–Kier alpha value is -2.82. The fourth-order valence-electron chi connectivity index (χ4n) is 2.06. The minimum atomic E-state index is -0.0632. The highest BCUT2D eigenvalue weighted by molar-refractivity contribution is 5.96. The number of Topliss-reactive ketones (excluding diaryl/α,β-unsaturated/α-hetero) is 1. The monoisotopic (exact) mass is 323 g/mol. The molecule has 2 heterocycles. The van der Waals surface area contributed by atoms with Crippen LogP contribution in [-0.4, -0.2) is 28.1 Å². The van der Waals surface area contributed by atoms with Gasteiger partial charge >= 0.3 is 0 Å². The molecule has 5 nitrogen and oxygen atoms in total. The third-order valence-corrected chi connectivity index (χ3v) is 3.43. The van der Waals surface area contributed by atoms with E-state index >= 15 is 0 Å². The van der Waals surface area contributed by atoms with Crippen LogP contribution in [0.2, 0.25) is 0 Å². The summed E-state index contributed by atoms with van der Waals surface area (Å²) >= 11 is 0. The van der Waals surface area contributed by atoms with Crippen molar-refractivity contribution in [2.75, 3.05) is 6.61 Å². The number of carbonyl (C=O) groups is 1. The molecule has 0 amide bonds. The van der Waals surface area contributed by atoms with Crippen molar-refractivity contribution in [1.29, 1.82) is 0 Å². The zero-order chi connectivity index (χ0) is 17.5. The molecule has 2 aromatic heterocycles. The van der Waals surface area contributed by atoms with Crippen LogP contribution in [-0.2, 0) is 4.84 Å². The fraction of sp³-hybridized carbons (Fsp3) is 0.263. The van der Waals surface area contributed by atoms with Gasteiger partial charge in [0, 0.05) is 19.0 Å². The van der Waals surface area contributed by atoms with Gasteiger partial charge in [-0.1, -0.05) is 23.9 Å². The summed E-state index contributed by atoms with van der Waals surface area (Å²) < 4.78 is 0. The van der Waals surface area contributed by atoms with Crippen LogP contribution in [0.3, 0.4) is 0 Å². The third kappa shape index (κ3) is 4.84. The fourth-order valence-corrected chi connectivity index (χ4v) is 2.06. The second kappa shape index (κ2) is 8.15. The summed E-state index contributed by atoms with van der Waals surface area (Å²) in [5.41, 5.74) is 4.40. The van der Waals surface area contributed by atoms with Crippen molar-refractivity contribution in [3.05, 3.63) is 65.8 Å². The lowest BCUT2D eigenvalue weighted by molar-refractivity contribution is 0.101. The Morgan fingerprint density at radius 2 is 1.75 bits per heavy atom. The molecule has 0 unspecified atom stereocenters. The molecular formula is C19H21N3O2. The lowest BCUT2D eigenvalue weighted by Crippen LogP contribution is -2.02. The van der Waals surface area contributed by atoms with Gasteiger partial charge in [0.25, 0.3) is 0 Å². The summed E-state index contributed by atoms with van der Waals surface area (Å²) in [6.07, 6.45) is 0.576. The van der Waals surface area contributed by atoms with Gasteiger partial charge in [-0.05, 0) is 43.7 Å². The molecule has 124 valence electrons. The minimum absolute atomic E-state index is 0.0632. The third-order valence-electron chi connectivity index (χ3n) is 3.43. The van der Waals surface area contributed by atoms with Crippen molar-refractivity contribution in [2.45, 2.75) is 27.2 Å². The number of aromatic nitrogens is 2. The van der Waals surface area contributed by atoms with Crippen LogP contribution in [0.15, 0.2) is 48.1 Å². The summed E-state index contributed by atoms with van der Waals surface area (Å²) in [6, 6.07) is 11.1. The van der Waals surface area contributed by atoms with E-state index in [1.54, 1.807) is 12.1 Å². The van der Waals surface area contributed by atoms with E-state index in [0.29, 0.717) is 24.4 Å². The van der Waals surface area contributed by atoms with Crippen LogP contribution in [0.4, 0.5) is 0 Å². The number of nitrogens with zero attached hydrogens (tertiary/aromatic N) is 3. The van der Waals surface area contributed by atoms with Gasteiger partial charge in [0.1, 0.15) is 18.0 Å². The number of carbonyl (C=O) groups excluding carboxylic acids is 1. The smallest absolute Gasteiger partial charge is 0.178 e. The molecule has 2 rings (SSSR count). The Morgan fingerprint density at radius 3 is 2.46 bits per heavy atom. The Kier molecular flexibility index (Phi) is 5.95. The predicted octanol–water partition coefficient (Wildman–Crippen LogP) is 3.83. The molecule has 5 heteroatoms. The Bertz CT molecular complexity index is 782. The predicted molar refractivity (Wildman–Crippen MR) is 95.0 cm³/mol. The Labute approximate surface area is 142 Å². The lowest BCUT2D eigenvalue weighted by atomic mass is 10.1. The maximum Gasteiger partial charge on any atom is 0.178 e. The van der Waals surface area contributed by atoms with Gasteiger partial charge in [0.05, 0.1) is 11.4 Å². The maximum absolute atomic E-state index is 11.4. The normalized spacial score (nSPS) is 11.2. The van der Waals surface area contributed by atoms with E-state index in [2.05, 4.69) is 21.7 Å². The molecule has 0 radical (unpaired) electrons. The van der Waals surface area contributed by atoms with E-state index in [9.17, 15) is 4.79 Å². The number of hydrogen-bond acceptors (Lipinski definition) is 5. The molecule has 0 aliphatic heterocycles. The quantitative estimate of drug-likeness (QED) is 0.336. The summed E-state index contributed by atoms with van der Waals surface area (Å²) in [7, 11) is 0. The van der Waals surface area contributed by atoms with Crippen LogP contribution in [0.1, 0.15) is 47.8 Å². The summed E-state index contributed by atoms with van der Waals surface area (Å²) in [5, 5.41) is 4.09. The molecule has 0 aliphatic carbocycles. The zero-order valence-corrected chi connectivity index (χ0v) is 14.2. The number of hydrogen-bond donors (Lipinski definition) is 0. The number of ketones is 1. The summed E-state index contributed by atoms with van der Waals surface area (Å²) in [4.78, 5) is 25.4. The van der Waals surface area contributed by atoms with Gasteiger partial charge in [-0.15, -0.1) is 0 Å². The minimum Gasteiger partial charge on any atom is -0.395 e. The second-order valence-corrected chi connectivity index (χ2v) is 5.49. The number of rotatable bonds is 7. The number of pyridine rings is 2. The van der Waals surface area contributed by atoms with E-state index in [1.165, 1.54) is 6.92 Å². The molecule has 24 heavy (non-hydrogen) atoms. The van der Waals surface area contributed by atoms with Crippen molar-refractivity contribution in [3.8, 4) is 0 Å².